The lowest BCUT2D eigenvalue weighted by molar-refractivity contribution is -0.124. The molecule has 0 spiro atoms. The fourth-order valence-electron chi connectivity index (χ4n) is 1.75. The van der Waals surface area contributed by atoms with E-state index in [1.165, 1.54) is 6.92 Å². The standard InChI is InChI=1S/C16H25N3O2/c1-11(15(21)19-16(3,4)5)17-10-13-6-8-14(9-7-13)18-12(2)20/h6-9,11,17H,10H2,1-5H3,(H,18,20)(H,19,21). The summed E-state index contributed by atoms with van der Waals surface area (Å²) in [5, 5.41) is 8.84. The van der Waals surface area contributed by atoms with E-state index < -0.39 is 0 Å². The van der Waals surface area contributed by atoms with Crippen LogP contribution in [0.25, 0.3) is 0 Å². The highest BCUT2D eigenvalue weighted by Crippen LogP contribution is 2.09. The van der Waals surface area contributed by atoms with E-state index in [0.29, 0.717) is 6.54 Å². The average molecular weight is 291 g/mol. The molecule has 0 radical (unpaired) electrons. The fraction of sp³-hybridized carbons (Fsp3) is 0.500. The average Bonchev–Trinajstić information content (AvgIpc) is 2.34. The smallest absolute Gasteiger partial charge is 0.237 e. The Morgan fingerprint density at radius 1 is 1.14 bits per heavy atom. The van der Waals surface area contributed by atoms with Crippen LogP contribution in [0.2, 0.25) is 0 Å². The first-order valence-corrected chi connectivity index (χ1v) is 7.09. The van der Waals surface area contributed by atoms with Gasteiger partial charge in [-0.15, -0.1) is 0 Å². The van der Waals surface area contributed by atoms with Gasteiger partial charge in [0.1, 0.15) is 0 Å². The molecule has 21 heavy (non-hydrogen) atoms. The molecule has 1 aromatic carbocycles. The van der Waals surface area contributed by atoms with Gasteiger partial charge in [0, 0.05) is 24.7 Å². The lowest BCUT2D eigenvalue weighted by Gasteiger charge is -2.23. The Morgan fingerprint density at radius 3 is 2.19 bits per heavy atom. The molecule has 5 nitrogen and oxygen atoms in total. The molecule has 0 saturated carbocycles. The summed E-state index contributed by atoms with van der Waals surface area (Å²) in [6.07, 6.45) is 0. The first-order valence-electron chi connectivity index (χ1n) is 7.09. The minimum Gasteiger partial charge on any atom is -0.350 e. The van der Waals surface area contributed by atoms with Crippen LogP contribution in [-0.2, 0) is 16.1 Å². The van der Waals surface area contributed by atoms with Gasteiger partial charge in [-0.25, -0.2) is 0 Å². The van der Waals surface area contributed by atoms with Gasteiger partial charge in [-0.3, -0.25) is 9.59 Å². The van der Waals surface area contributed by atoms with Crippen LogP contribution >= 0.6 is 0 Å². The van der Waals surface area contributed by atoms with Crippen molar-refractivity contribution in [3.63, 3.8) is 0 Å². The molecule has 116 valence electrons. The highest BCUT2D eigenvalue weighted by molar-refractivity contribution is 5.88. The topological polar surface area (TPSA) is 70.2 Å². The summed E-state index contributed by atoms with van der Waals surface area (Å²) in [6, 6.07) is 7.27. The quantitative estimate of drug-likeness (QED) is 0.777. The molecule has 0 saturated heterocycles. The minimum atomic E-state index is -0.265. The summed E-state index contributed by atoms with van der Waals surface area (Å²) in [5.74, 6) is -0.106. The van der Waals surface area contributed by atoms with Crippen LogP contribution in [-0.4, -0.2) is 23.4 Å². The van der Waals surface area contributed by atoms with E-state index in [2.05, 4.69) is 16.0 Å². The molecule has 5 heteroatoms. The van der Waals surface area contributed by atoms with Gasteiger partial charge in [0.2, 0.25) is 11.8 Å². The van der Waals surface area contributed by atoms with Gasteiger partial charge in [0.05, 0.1) is 6.04 Å². The molecular formula is C16H25N3O2. The monoisotopic (exact) mass is 291 g/mol. The summed E-state index contributed by atoms with van der Waals surface area (Å²) < 4.78 is 0. The molecule has 0 aliphatic carbocycles. The lowest BCUT2D eigenvalue weighted by Crippen LogP contribution is -2.49. The second kappa shape index (κ2) is 7.22. The Kier molecular flexibility index (Phi) is 5.90. The van der Waals surface area contributed by atoms with Gasteiger partial charge in [-0.2, -0.15) is 0 Å². The molecule has 0 aliphatic rings. The van der Waals surface area contributed by atoms with Crippen LogP contribution in [0, 0.1) is 0 Å². The molecule has 0 fully saturated rings. The Labute approximate surface area is 126 Å². The van der Waals surface area contributed by atoms with Crippen LogP contribution in [0.1, 0.15) is 40.2 Å². The first-order chi connectivity index (χ1) is 9.67. The SMILES string of the molecule is CC(=O)Nc1ccc(CNC(C)C(=O)NC(C)(C)C)cc1. The van der Waals surface area contributed by atoms with Crippen molar-refractivity contribution in [1.82, 2.24) is 10.6 Å². The minimum absolute atomic E-state index is 0.0163. The maximum Gasteiger partial charge on any atom is 0.237 e. The van der Waals surface area contributed by atoms with E-state index in [0.717, 1.165) is 11.3 Å². The van der Waals surface area contributed by atoms with E-state index in [1.807, 2.05) is 52.0 Å². The number of nitrogens with one attached hydrogen (secondary N) is 3. The van der Waals surface area contributed by atoms with Crippen LogP contribution in [0.4, 0.5) is 5.69 Å². The number of carbonyl (C=O) groups excluding carboxylic acids is 2. The number of hydrogen-bond acceptors (Lipinski definition) is 3. The van der Waals surface area contributed by atoms with E-state index >= 15 is 0 Å². The molecule has 1 atom stereocenters. The van der Waals surface area contributed by atoms with Crippen molar-refractivity contribution in [2.75, 3.05) is 5.32 Å². The molecule has 3 N–H and O–H groups in total. The number of hydrogen-bond donors (Lipinski definition) is 3. The zero-order valence-corrected chi connectivity index (χ0v) is 13.4. The largest absolute Gasteiger partial charge is 0.350 e. The normalized spacial score (nSPS) is 12.6. The molecule has 0 aliphatic heterocycles. The summed E-state index contributed by atoms with van der Waals surface area (Å²) in [6.45, 7) is 9.78. The lowest BCUT2D eigenvalue weighted by atomic mass is 10.1. The second-order valence-electron chi connectivity index (χ2n) is 6.22. The van der Waals surface area contributed by atoms with Crippen LogP contribution in [0.15, 0.2) is 24.3 Å². The Bertz CT molecular complexity index is 489. The third-order valence-corrected chi connectivity index (χ3v) is 2.78. The molecule has 0 bridgehead atoms. The van der Waals surface area contributed by atoms with Gasteiger partial charge in [-0.05, 0) is 45.4 Å². The highest BCUT2D eigenvalue weighted by Gasteiger charge is 2.18. The number of rotatable bonds is 5. The van der Waals surface area contributed by atoms with Gasteiger partial charge >= 0.3 is 0 Å². The maximum atomic E-state index is 11.9. The third-order valence-electron chi connectivity index (χ3n) is 2.78. The number of anilines is 1. The Balaban J connectivity index is 2.47. The van der Waals surface area contributed by atoms with Crippen LogP contribution in [0.3, 0.4) is 0 Å². The maximum absolute atomic E-state index is 11.9. The fourth-order valence-corrected chi connectivity index (χ4v) is 1.75. The van der Waals surface area contributed by atoms with Crippen molar-refractivity contribution in [2.24, 2.45) is 0 Å². The first kappa shape index (κ1) is 17.2. The van der Waals surface area contributed by atoms with E-state index in [9.17, 15) is 9.59 Å². The van der Waals surface area contributed by atoms with Gasteiger partial charge in [-0.1, -0.05) is 12.1 Å². The zero-order chi connectivity index (χ0) is 16.0. The number of benzene rings is 1. The van der Waals surface area contributed by atoms with Crippen molar-refractivity contribution in [3.05, 3.63) is 29.8 Å². The Morgan fingerprint density at radius 2 is 1.71 bits per heavy atom. The summed E-state index contributed by atoms with van der Waals surface area (Å²) in [4.78, 5) is 22.9. The van der Waals surface area contributed by atoms with Crippen LogP contribution < -0.4 is 16.0 Å². The summed E-state index contributed by atoms with van der Waals surface area (Å²) in [5.41, 5.74) is 1.59. The predicted molar refractivity (Wildman–Crippen MR) is 84.9 cm³/mol. The van der Waals surface area contributed by atoms with Crippen molar-refractivity contribution in [3.8, 4) is 0 Å². The number of carbonyl (C=O) groups is 2. The van der Waals surface area contributed by atoms with Crippen LogP contribution in [0.5, 0.6) is 0 Å². The molecule has 1 aromatic rings. The van der Waals surface area contributed by atoms with Gasteiger partial charge in [0.25, 0.3) is 0 Å². The van der Waals surface area contributed by atoms with E-state index in [-0.39, 0.29) is 23.4 Å². The molecule has 1 unspecified atom stereocenters. The van der Waals surface area contributed by atoms with Gasteiger partial charge < -0.3 is 16.0 Å². The second-order valence-corrected chi connectivity index (χ2v) is 6.22. The van der Waals surface area contributed by atoms with Crippen molar-refractivity contribution < 1.29 is 9.59 Å². The molecule has 0 heterocycles. The van der Waals surface area contributed by atoms with Gasteiger partial charge in [0.15, 0.2) is 0 Å². The van der Waals surface area contributed by atoms with E-state index in [4.69, 9.17) is 0 Å². The number of amides is 2. The molecular weight excluding hydrogens is 266 g/mol. The zero-order valence-electron chi connectivity index (χ0n) is 13.4. The van der Waals surface area contributed by atoms with Crippen molar-refractivity contribution in [2.45, 2.75) is 52.7 Å². The van der Waals surface area contributed by atoms with E-state index in [1.54, 1.807) is 0 Å². The predicted octanol–water partition coefficient (Wildman–Crippen LogP) is 2.04. The molecule has 0 aromatic heterocycles. The Hall–Kier alpha value is -1.88. The third kappa shape index (κ3) is 6.90. The molecule has 2 amide bonds. The van der Waals surface area contributed by atoms with Crippen molar-refractivity contribution in [1.29, 1.82) is 0 Å². The summed E-state index contributed by atoms with van der Waals surface area (Å²) >= 11 is 0. The summed E-state index contributed by atoms with van der Waals surface area (Å²) in [7, 11) is 0. The van der Waals surface area contributed by atoms with Crippen molar-refractivity contribution >= 4 is 17.5 Å². The molecule has 1 rings (SSSR count). The highest BCUT2D eigenvalue weighted by atomic mass is 16.2.